The zero-order valence-corrected chi connectivity index (χ0v) is 14.5. The summed E-state index contributed by atoms with van der Waals surface area (Å²) in [5, 5.41) is 0.867. The highest BCUT2D eigenvalue weighted by Gasteiger charge is 2.12. The van der Waals surface area contributed by atoms with Gasteiger partial charge in [0.05, 0.1) is 6.61 Å². The van der Waals surface area contributed by atoms with Gasteiger partial charge in [0, 0.05) is 17.4 Å². The van der Waals surface area contributed by atoms with Crippen molar-refractivity contribution in [1.29, 1.82) is 0 Å². The van der Waals surface area contributed by atoms with E-state index in [0.29, 0.717) is 30.1 Å². The third kappa shape index (κ3) is 5.22. The summed E-state index contributed by atoms with van der Waals surface area (Å²) >= 11 is 0. The molecule has 0 amide bonds. The highest BCUT2D eigenvalue weighted by molar-refractivity contribution is 5.77. The second kappa shape index (κ2) is 9.26. The monoisotopic (exact) mass is 330 g/mol. The molecule has 0 aliphatic heterocycles. The molecule has 0 N–H and O–H groups in total. The Hall–Kier alpha value is -2.10. The number of carbonyl (C=O) groups is 1. The summed E-state index contributed by atoms with van der Waals surface area (Å²) in [6.07, 6.45) is 4.97. The lowest BCUT2D eigenvalue weighted by atomic mass is 10.0. The van der Waals surface area contributed by atoms with Crippen molar-refractivity contribution < 1.29 is 13.9 Å². The van der Waals surface area contributed by atoms with Gasteiger partial charge in [-0.3, -0.25) is 4.79 Å². The largest absolute Gasteiger partial charge is 0.465 e. The highest BCUT2D eigenvalue weighted by Crippen LogP contribution is 2.15. The van der Waals surface area contributed by atoms with Crippen molar-refractivity contribution in [3.05, 3.63) is 46.3 Å². The Morgan fingerprint density at radius 3 is 2.79 bits per heavy atom. The molecule has 0 saturated carbocycles. The molecule has 0 fully saturated rings. The lowest BCUT2D eigenvalue weighted by molar-refractivity contribution is -0.145. The van der Waals surface area contributed by atoms with Crippen molar-refractivity contribution in [2.75, 3.05) is 6.61 Å². The van der Waals surface area contributed by atoms with E-state index >= 15 is 0 Å². The minimum atomic E-state index is -0.379. The first-order valence-electron chi connectivity index (χ1n) is 8.81. The van der Waals surface area contributed by atoms with Crippen molar-refractivity contribution >= 4 is 16.9 Å². The van der Waals surface area contributed by atoms with E-state index in [1.807, 2.05) is 18.2 Å². The maximum Gasteiger partial charge on any atom is 0.339 e. The minimum Gasteiger partial charge on any atom is -0.465 e. The van der Waals surface area contributed by atoms with E-state index < -0.39 is 0 Å². The van der Waals surface area contributed by atoms with Crippen LogP contribution in [0.3, 0.4) is 0 Å². The van der Waals surface area contributed by atoms with Crippen LogP contribution in [0.5, 0.6) is 0 Å². The van der Waals surface area contributed by atoms with Gasteiger partial charge in [0.1, 0.15) is 5.58 Å². The van der Waals surface area contributed by atoms with Crippen LogP contribution in [0.1, 0.15) is 51.5 Å². The predicted octanol–water partition coefficient (Wildman–Crippen LogP) is 4.49. The Morgan fingerprint density at radius 1 is 1.25 bits per heavy atom. The Bertz CT molecular complexity index is 717. The number of hydrogen-bond acceptors (Lipinski definition) is 4. The normalized spacial score (nSPS) is 12.2. The van der Waals surface area contributed by atoms with Crippen LogP contribution >= 0.6 is 0 Å². The molecule has 1 unspecified atom stereocenters. The number of unbranched alkanes of at least 4 members (excludes halogenated alkanes) is 1. The fourth-order valence-corrected chi connectivity index (χ4v) is 2.70. The van der Waals surface area contributed by atoms with Crippen LogP contribution in [0.25, 0.3) is 11.0 Å². The topological polar surface area (TPSA) is 56.5 Å². The van der Waals surface area contributed by atoms with E-state index in [9.17, 15) is 9.59 Å². The van der Waals surface area contributed by atoms with Gasteiger partial charge in [-0.15, -0.1) is 0 Å². The lowest BCUT2D eigenvalue weighted by Gasteiger charge is -2.14. The van der Waals surface area contributed by atoms with Crippen LogP contribution in [-0.4, -0.2) is 12.6 Å². The molecule has 130 valence electrons. The second-order valence-electron chi connectivity index (χ2n) is 6.20. The molecule has 0 aliphatic rings. The molecule has 0 saturated heterocycles. The average Bonchev–Trinajstić information content (AvgIpc) is 2.60. The Morgan fingerprint density at radius 2 is 2.04 bits per heavy atom. The zero-order chi connectivity index (χ0) is 17.4. The van der Waals surface area contributed by atoms with Crippen molar-refractivity contribution in [3.8, 4) is 0 Å². The first-order valence-corrected chi connectivity index (χ1v) is 8.81. The summed E-state index contributed by atoms with van der Waals surface area (Å²) in [5.41, 5.74) is 0.704. The van der Waals surface area contributed by atoms with Gasteiger partial charge in [-0.1, -0.05) is 51.3 Å². The summed E-state index contributed by atoms with van der Waals surface area (Å²) in [6, 6.07) is 9.16. The first-order chi connectivity index (χ1) is 11.6. The third-order valence-corrected chi connectivity index (χ3v) is 4.34. The number of carbonyl (C=O) groups excluding carboxylic acids is 1. The van der Waals surface area contributed by atoms with Gasteiger partial charge in [0.2, 0.25) is 0 Å². The molecule has 24 heavy (non-hydrogen) atoms. The van der Waals surface area contributed by atoms with E-state index in [1.165, 1.54) is 0 Å². The fraction of sp³-hybridized carbons (Fsp3) is 0.500. The molecule has 0 aliphatic carbocycles. The number of benzene rings is 1. The minimum absolute atomic E-state index is 0.202. The fourth-order valence-electron chi connectivity index (χ4n) is 2.70. The summed E-state index contributed by atoms with van der Waals surface area (Å²) in [7, 11) is 0. The molecule has 0 spiro atoms. The molecule has 1 aromatic heterocycles. The number of fused-ring (bicyclic) bond motifs is 1. The number of para-hydroxylation sites is 1. The maximum atomic E-state index is 12.0. The van der Waals surface area contributed by atoms with Crippen molar-refractivity contribution in [2.45, 2.75) is 52.4 Å². The molecular weight excluding hydrogens is 304 g/mol. The second-order valence-corrected chi connectivity index (χ2v) is 6.20. The van der Waals surface area contributed by atoms with E-state index in [-0.39, 0.29) is 18.0 Å². The standard InChI is InChI=1S/C20H26O4/c1-3-5-8-15(4-2)14-23-19(21)12-11-17-13-16-9-6-7-10-18(16)24-20(17)22/h6-7,9-10,13,15H,3-5,8,11-12,14H2,1-2H3. The van der Waals surface area contributed by atoms with Crippen molar-refractivity contribution in [2.24, 2.45) is 5.92 Å². The molecule has 0 radical (unpaired) electrons. The van der Waals surface area contributed by atoms with Crippen LogP contribution in [0.15, 0.2) is 39.5 Å². The average molecular weight is 330 g/mol. The Balaban J connectivity index is 1.87. The van der Waals surface area contributed by atoms with Crippen molar-refractivity contribution in [1.82, 2.24) is 0 Å². The molecule has 2 rings (SSSR count). The Kier molecular flexibility index (Phi) is 7.04. The molecule has 4 heteroatoms. The molecule has 1 heterocycles. The number of hydrogen-bond donors (Lipinski definition) is 0. The van der Waals surface area contributed by atoms with Crippen LogP contribution in [0.4, 0.5) is 0 Å². The first kappa shape index (κ1) is 18.2. The Labute approximate surface area is 142 Å². The van der Waals surface area contributed by atoms with Gasteiger partial charge >= 0.3 is 11.6 Å². The highest BCUT2D eigenvalue weighted by atomic mass is 16.5. The van der Waals surface area contributed by atoms with Gasteiger partial charge in [-0.05, 0) is 30.9 Å². The number of esters is 1. The quantitative estimate of drug-likeness (QED) is 0.502. The molecular formula is C20H26O4. The van der Waals surface area contributed by atoms with E-state index in [4.69, 9.17) is 9.15 Å². The van der Waals surface area contributed by atoms with Crippen LogP contribution in [-0.2, 0) is 16.0 Å². The smallest absolute Gasteiger partial charge is 0.339 e. The molecule has 0 bridgehead atoms. The summed E-state index contributed by atoms with van der Waals surface area (Å²) in [4.78, 5) is 23.9. The molecule has 1 atom stereocenters. The lowest BCUT2D eigenvalue weighted by Crippen LogP contribution is -2.16. The maximum absolute atomic E-state index is 12.0. The SMILES string of the molecule is CCCCC(CC)COC(=O)CCc1cc2ccccc2oc1=O. The predicted molar refractivity (Wildman–Crippen MR) is 95.1 cm³/mol. The van der Waals surface area contributed by atoms with E-state index in [0.717, 1.165) is 31.1 Å². The van der Waals surface area contributed by atoms with Gasteiger partial charge in [-0.25, -0.2) is 4.79 Å². The molecule has 4 nitrogen and oxygen atoms in total. The molecule has 1 aromatic carbocycles. The number of aryl methyl sites for hydroxylation is 1. The van der Waals surface area contributed by atoms with Gasteiger partial charge in [0.15, 0.2) is 0 Å². The number of rotatable bonds is 9. The van der Waals surface area contributed by atoms with E-state index in [2.05, 4.69) is 13.8 Å². The van der Waals surface area contributed by atoms with Crippen LogP contribution in [0.2, 0.25) is 0 Å². The summed E-state index contributed by atoms with van der Waals surface area (Å²) in [5.74, 6) is 0.178. The van der Waals surface area contributed by atoms with Crippen LogP contribution < -0.4 is 5.63 Å². The summed E-state index contributed by atoms with van der Waals surface area (Å²) in [6.45, 7) is 4.75. The van der Waals surface area contributed by atoms with Gasteiger partial charge < -0.3 is 9.15 Å². The van der Waals surface area contributed by atoms with Crippen molar-refractivity contribution in [3.63, 3.8) is 0 Å². The third-order valence-electron chi connectivity index (χ3n) is 4.34. The summed E-state index contributed by atoms with van der Waals surface area (Å²) < 4.78 is 10.6. The van der Waals surface area contributed by atoms with Gasteiger partial charge in [0.25, 0.3) is 0 Å². The zero-order valence-electron chi connectivity index (χ0n) is 14.5. The van der Waals surface area contributed by atoms with E-state index in [1.54, 1.807) is 12.1 Å². The molecule has 2 aromatic rings. The van der Waals surface area contributed by atoms with Crippen LogP contribution in [0, 0.1) is 5.92 Å². The van der Waals surface area contributed by atoms with Gasteiger partial charge in [-0.2, -0.15) is 0 Å². The number of ether oxygens (including phenoxy) is 1.